The smallest absolute Gasteiger partial charge is 0.270 e. The predicted molar refractivity (Wildman–Crippen MR) is 70.9 cm³/mol. The molecule has 1 atom stereocenters. The maximum atomic E-state index is 13.6. The van der Waals surface area contributed by atoms with Gasteiger partial charge >= 0.3 is 0 Å². The van der Waals surface area contributed by atoms with Crippen molar-refractivity contribution < 1.29 is 22.5 Å². The number of nitrogens with one attached hydrogen (secondary N) is 2. The second-order valence-corrected chi connectivity index (χ2v) is 6.16. The van der Waals surface area contributed by atoms with E-state index in [0.717, 1.165) is 12.1 Å². The molecule has 1 aromatic carbocycles. The van der Waals surface area contributed by atoms with Gasteiger partial charge in [0.15, 0.2) is 0 Å². The maximum absolute atomic E-state index is 13.6. The first-order valence-electron chi connectivity index (χ1n) is 6.16. The fraction of sp³-hybridized carbons (Fsp3) is 0.455. The number of benzene rings is 1. The second-order valence-electron chi connectivity index (χ2n) is 4.42. The molecule has 21 heavy (non-hydrogen) atoms. The van der Waals surface area contributed by atoms with Crippen LogP contribution in [0.25, 0.3) is 0 Å². The van der Waals surface area contributed by atoms with E-state index in [4.69, 9.17) is 4.74 Å². The Bertz CT molecular complexity index is 631. The summed E-state index contributed by atoms with van der Waals surface area (Å²) in [6.45, 7) is 1.57. The Hall–Kier alpha value is -1.62. The highest BCUT2D eigenvalue weighted by Gasteiger charge is 2.24. The van der Waals surface area contributed by atoms with Crippen molar-refractivity contribution in [3.8, 4) is 0 Å². The van der Waals surface area contributed by atoms with Gasteiger partial charge in [0.2, 0.25) is 10.0 Å². The third-order valence-electron chi connectivity index (χ3n) is 2.92. The molecular formula is C11H14FN3O5S. The first-order chi connectivity index (χ1) is 9.90. The van der Waals surface area contributed by atoms with E-state index < -0.39 is 31.3 Å². The van der Waals surface area contributed by atoms with Crippen LogP contribution in [0.1, 0.15) is 0 Å². The SMILES string of the molecule is O=[N+]([O-])c1ccc(F)c(S(=O)(=O)NCC2CNCCO2)c1. The van der Waals surface area contributed by atoms with E-state index in [-0.39, 0.29) is 12.6 Å². The summed E-state index contributed by atoms with van der Waals surface area (Å²) in [5, 5.41) is 13.7. The molecule has 0 spiro atoms. The van der Waals surface area contributed by atoms with Gasteiger partial charge in [-0.2, -0.15) is 0 Å². The van der Waals surface area contributed by atoms with Crippen LogP contribution in [0.5, 0.6) is 0 Å². The van der Waals surface area contributed by atoms with E-state index in [1.807, 2.05) is 0 Å². The summed E-state index contributed by atoms with van der Waals surface area (Å²) < 4.78 is 45.2. The lowest BCUT2D eigenvalue weighted by molar-refractivity contribution is -0.385. The van der Waals surface area contributed by atoms with Gasteiger partial charge in [-0.1, -0.05) is 0 Å². The Labute approximate surface area is 120 Å². The summed E-state index contributed by atoms with van der Waals surface area (Å²) in [6, 6.07) is 2.35. The van der Waals surface area contributed by atoms with Crippen molar-refractivity contribution in [1.29, 1.82) is 0 Å². The highest BCUT2D eigenvalue weighted by Crippen LogP contribution is 2.20. The number of hydrogen-bond acceptors (Lipinski definition) is 6. The molecule has 0 amide bonds. The molecule has 0 bridgehead atoms. The number of sulfonamides is 1. The molecule has 2 N–H and O–H groups in total. The minimum absolute atomic E-state index is 0.0442. The molecule has 0 saturated carbocycles. The molecule has 0 aliphatic carbocycles. The van der Waals surface area contributed by atoms with Crippen molar-refractivity contribution in [1.82, 2.24) is 10.0 Å². The van der Waals surface area contributed by atoms with Crippen LogP contribution in [-0.4, -0.2) is 45.7 Å². The van der Waals surface area contributed by atoms with Crippen LogP contribution in [-0.2, 0) is 14.8 Å². The number of ether oxygens (including phenoxy) is 1. The van der Waals surface area contributed by atoms with Gasteiger partial charge in [0.25, 0.3) is 5.69 Å². The molecule has 0 aromatic heterocycles. The predicted octanol–water partition coefficient (Wildman–Crippen LogP) is 0.000600. The van der Waals surface area contributed by atoms with Crippen LogP contribution < -0.4 is 10.0 Å². The van der Waals surface area contributed by atoms with Crippen molar-refractivity contribution in [2.75, 3.05) is 26.2 Å². The molecule has 2 rings (SSSR count). The van der Waals surface area contributed by atoms with E-state index in [1.165, 1.54) is 0 Å². The minimum atomic E-state index is -4.18. The third-order valence-corrected chi connectivity index (χ3v) is 4.36. The molecule has 1 unspecified atom stereocenters. The highest BCUT2D eigenvalue weighted by atomic mass is 32.2. The molecule has 0 radical (unpaired) electrons. The number of hydrogen-bond donors (Lipinski definition) is 2. The molecule has 10 heteroatoms. The van der Waals surface area contributed by atoms with Gasteiger partial charge in [-0.15, -0.1) is 0 Å². The largest absolute Gasteiger partial charge is 0.374 e. The number of nitro groups is 1. The number of halogens is 1. The highest BCUT2D eigenvalue weighted by molar-refractivity contribution is 7.89. The van der Waals surface area contributed by atoms with E-state index >= 15 is 0 Å². The zero-order valence-electron chi connectivity index (χ0n) is 10.9. The summed E-state index contributed by atoms with van der Waals surface area (Å²) in [4.78, 5) is 9.10. The summed E-state index contributed by atoms with van der Waals surface area (Å²) in [5.41, 5.74) is -0.493. The lowest BCUT2D eigenvalue weighted by Gasteiger charge is -2.23. The molecule has 1 aromatic rings. The number of rotatable bonds is 5. The average molecular weight is 319 g/mol. The van der Waals surface area contributed by atoms with Gasteiger partial charge in [-0.05, 0) is 6.07 Å². The Morgan fingerprint density at radius 1 is 1.52 bits per heavy atom. The van der Waals surface area contributed by atoms with Crippen molar-refractivity contribution in [2.45, 2.75) is 11.0 Å². The molecule has 1 heterocycles. The van der Waals surface area contributed by atoms with Crippen LogP contribution in [0.3, 0.4) is 0 Å². The van der Waals surface area contributed by atoms with Crippen LogP contribution >= 0.6 is 0 Å². The topological polar surface area (TPSA) is 111 Å². The maximum Gasteiger partial charge on any atom is 0.270 e. The van der Waals surface area contributed by atoms with Crippen LogP contribution in [0, 0.1) is 15.9 Å². The quantitative estimate of drug-likeness (QED) is 0.584. The van der Waals surface area contributed by atoms with Crippen molar-refractivity contribution in [3.05, 3.63) is 34.1 Å². The first kappa shape index (κ1) is 15.8. The summed E-state index contributed by atoms with van der Waals surface area (Å²) in [6.07, 6.45) is -0.365. The van der Waals surface area contributed by atoms with E-state index in [9.17, 15) is 22.9 Å². The van der Waals surface area contributed by atoms with Crippen LogP contribution in [0.4, 0.5) is 10.1 Å². The first-order valence-corrected chi connectivity index (χ1v) is 7.64. The minimum Gasteiger partial charge on any atom is -0.374 e. The normalized spacial score (nSPS) is 19.4. The molecule has 1 fully saturated rings. The number of non-ortho nitro benzene ring substituents is 1. The fourth-order valence-corrected chi connectivity index (χ4v) is 3.00. The Kier molecular flexibility index (Phi) is 4.83. The Balaban J connectivity index is 2.14. The van der Waals surface area contributed by atoms with Crippen molar-refractivity contribution >= 4 is 15.7 Å². The van der Waals surface area contributed by atoms with Gasteiger partial charge in [0.05, 0.1) is 17.6 Å². The summed E-state index contributed by atoms with van der Waals surface area (Å²) in [5.74, 6) is -1.05. The monoisotopic (exact) mass is 319 g/mol. The van der Waals surface area contributed by atoms with E-state index in [0.29, 0.717) is 25.8 Å². The fourth-order valence-electron chi connectivity index (χ4n) is 1.84. The number of morpholine rings is 1. The lowest BCUT2D eigenvalue weighted by Crippen LogP contribution is -2.45. The van der Waals surface area contributed by atoms with Gasteiger partial charge in [-0.25, -0.2) is 17.5 Å². The van der Waals surface area contributed by atoms with E-state index in [1.54, 1.807) is 0 Å². The molecule has 1 aliphatic heterocycles. The standard InChI is InChI=1S/C11H14FN3O5S/c12-10-2-1-8(15(16)17)5-11(10)21(18,19)14-7-9-6-13-3-4-20-9/h1-2,5,9,13-14H,3-4,6-7H2. The Morgan fingerprint density at radius 3 is 2.90 bits per heavy atom. The van der Waals surface area contributed by atoms with Crippen molar-refractivity contribution in [3.63, 3.8) is 0 Å². The number of nitro benzene ring substituents is 1. The zero-order chi connectivity index (χ0) is 15.5. The van der Waals surface area contributed by atoms with Crippen LogP contribution in [0.15, 0.2) is 23.1 Å². The van der Waals surface area contributed by atoms with Gasteiger partial charge < -0.3 is 10.1 Å². The molecule has 1 aliphatic rings. The van der Waals surface area contributed by atoms with Crippen LogP contribution in [0.2, 0.25) is 0 Å². The molecule has 1 saturated heterocycles. The second kappa shape index (κ2) is 6.43. The average Bonchev–Trinajstić information content (AvgIpc) is 2.46. The number of nitrogens with zero attached hydrogens (tertiary/aromatic N) is 1. The lowest BCUT2D eigenvalue weighted by atomic mass is 10.3. The summed E-state index contributed by atoms with van der Waals surface area (Å²) >= 11 is 0. The Morgan fingerprint density at radius 2 is 2.29 bits per heavy atom. The van der Waals surface area contributed by atoms with Crippen molar-refractivity contribution in [2.24, 2.45) is 0 Å². The van der Waals surface area contributed by atoms with Gasteiger partial charge in [-0.3, -0.25) is 10.1 Å². The van der Waals surface area contributed by atoms with Gasteiger partial charge in [0.1, 0.15) is 10.7 Å². The molecule has 116 valence electrons. The molecule has 8 nitrogen and oxygen atoms in total. The van der Waals surface area contributed by atoms with E-state index in [2.05, 4.69) is 10.0 Å². The zero-order valence-corrected chi connectivity index (χ0v) is 11.7. The third kappa shape index (κ3) is 3.94. The van der Waals surface area contributed by atoms with Gasteiger partial charge in [0, 0.05) is 31.8 Å². The molecular weight excluding hydrogens is 305 g/mol. The summed E-state index contributed by atoms with van der Waals surface area (Å²) in [7, 11) is -4.18.